The molecule has 0 aliphatic carbocycles. The van der Waals surface area contributed by atoms with Crippen LogP contribution in [0.1, 0.15) is 12.5 Å². The molecule has 1 aliphatic rings. The van der Waals surface area contributed by atoms with Gasteiger partial charge in [-0.15, -0.1) is 0 Å². The van der Waals surface area contributed by atoms with Crippen molar-refractivity contribution in [2.45, 2.75) is 6.92 Å². The molecule has 0 fully saturated rings. The Morgan fingerprint density at radius 3 is 2.69 bits per heavy atom. The summed E-state index contributed by atoms with van der Waals surface area (Å²) in [4.78, 5) is 11.0. The van der Waals surface area contributed by atoms with Gasteiger partial charge in [0.25, 0.3) is 0 Å². The van der Waals surface area contributed by atoms with E-state index in [0.717, 1.165) is 12.1 Å². The largest absolute Gasteiger partial charge is 0.310 e. The summed E-state index contributed by atoms with van der Waals surface area (Å²) in [5.74, 6) is 0. The van der Waals surface area contributed by atoms with E-state index in [4.69, 9.17) is 0 Å². The lowest BCUT2D eigenvalue weighted by atomic mass is 10.1. The third-order valence-electron chi connectivity index (χ3n) is 2.53. The van der Waals surface area contributed by atoms with Crippen LogP contribution in [0.15, 0.2) is 30.5 Å². The predicted octanol–water partition coefficient (Wildman–Crippen LogP) is 2.15. The number of fused-ring (bicyclic) bond motifs is 1. The summed E-state index contributed by atoms with van der Waals surface area (Å²) in [6, 6.07) is 8.01. The maximum Gasteiger partial charge on any atom is 0.310 e. The molecule has 0 bridgehead atoms. The Labute approximate surface area is 77.7 Å². The van der Waals surface area contributed by atoms with Crippen LogP contribution in [0, 0.1) is 0 Å². The van der Waals surface area contributed by atoms with Crippen LogP contribution < -0.4 is 4.48 Å². The van der Waals surface area contributed by atoms with E-state index in [0.29, 0.717) is 0 Å². The molecule has 1 amide bonds. The Hall–Kier alpha value is -1.41. The maximum absolute atomic E-state index is 11.0. The third-order valence-corrected chi connectivity index (χ3v) is 2.53. The summed E-state index contributed by atoms with van der Waals surface area (Å²) in [7, 11) is 1.89. The van der Waals surface area contributed by atoms with Crippen molar-refractivity contribution in [2.75, 3.05) is 7.05 Å². The fourth-order valence-corrected chi connectivity index (χ4v) is 1.86. The van der Waals surface area contributed by atoms with Gasteiger partial charge in [-0.1, -0.05) is 12.1 Å². The molecule has 0 saturated carbocycles. The lowest BCUT2D eigenvalue weighted by Gasteiger charge is -2.17. The average Bonchev–Trinajstić information content (AvgIpc) is 2.42. The van der Waals surface area contributed by atoms with Crippen LogP contribution in [0.4, 0.5) is 5.69 Å². The first-order chi connectivity index (χ1) is 6.17. The van der Waals surface area contributed by atoms with Gasteiger partial charge in [0, 0.05) is 17.2 Å². The fraction of sp³-hybridized carbons (Fsp3) is 0.182. The molecule has 1 atom stereocenters. The Morgan fingerprint density at radius 1 is 1.31 bits per heavy atom. The van der Waals surface area contributed by atoms with Crippen molar-refractivity contribution in [3.8, 4) is 0 Å². The molecule has 1 aliphatic heterocycles. The van der Waals surface area contributed by atoms with Gasteiger partial charge >= 0.3 is 6.41 Å². The molecule has 1 unspecified atom stereocenters. The van der Waals surface area contributed by atoms with E-state index in [1.54, 1.807) is 0 Å². The highest BCUT2D eigenvalue weighted by Crippen LogP contribution is 2.37. The zero-order valence-electron chi connectivity index (χ0n) is 7.82. The Bertz CT molecular complexity index is 395. The quantitative estimate of drug-likeness (QED) is 0.471. The van der Waals surface area contributed by atoms with Crippen molar-refractivity contribution in [1.29, 1.82) is 0 Å². The number of para-hydroxylation sites is 1. The summed E-state index contributed by atoms with van der Waals surface area (Å²) >= 11 is 0. The van der Waals surface area contributed by atoms with Crippen LogP contribution in [0.3, 0.4) is 0 Å². The lowest BCUT2D eigenvalue weighted by molar-refractivity contribution is -0.114. The van der Waals surface area contributed by atoms with Gasteiger partial charge in [0.1, 0.15) is 6.20 Å². The number of amides is 1. The summed E-state index contributed by atoms with van der Waals surface area (Å²) < 4.78 is 0.266. The summed E-state index contributed by atoms with van der Waals surface area (Å²) in [6.45, 7) is 2.03. The zero-order chi connectivity index (χ0) is 9.47. The normalized spacial score (nSPS) is 25.2. The highest BCUT2D eigenvalue weighted by molar-refractivity contribution is 5.89. The molecule has 0 N–H and O–H groups in total. The van der Waals surface area contributed by atoms with Gasteiger partial charge in [0.2, 0.25) is 0 Å². The van der Waals surface area contributed by atoms with Crippen LogP contribution in [-0.2, 0) is 4.79 Å². The van der Waals surface area contributed by atoms with Gasteiger partial charge < -0.3 is 0 Å². The number of rotatable bonds is 1. The molecule has 13 heavy (non-hydrogen) atoms. The van der Waals surface area contributed by atoms with E-state index in [9.17, 15) is 4.79 Å². The van der Waals surface area contributed by atoms with Gasteiger partial charge in [-0.05, 0) is 13.0 Å². The second kappa shape index (κ2) is 2.54. The number of carbonyl (C=O) groups excluding carboxylic acids is 1. The van der Waals surface area contributed by atoms with Gasteiger partial charge in [-0.25, -0.2) is 9.28 Å². The van der Waals surface area contributed by atoms with Crippen molar-refractivity contribution in [2.24, 2.45) is 0 Å². The molecule has 2 heteroatoms. The molecule has 0 saturated heterocycles. The number of allylic oxidation sites excluding steroid dienone is 1. The summed E-state index contributed by atoms with van der Waals surface area (Å²) in [5, 5.41) is 0. The molecule has 2 rings (SSSR count). The van der Waals surface area contributed by atoms with Crippen LogP contribution in [0.5, 0.6) is 0 Å². The van der Waals surface area contributed by atoms with Crippen LogP contribution in [0.2, 0.25) is 0 Å². The van der Waals surface area contributed by atoms with Crippen molar-refractivity contribution in [3.05, 3.63) is 36.0 Å². The predicted molar refractivity (Wildman–Crippen MR) is 53.9 cm³/mol. The van der Waals surface area contributed by atoms with Crippen molar-refractivity contribution in [1.82, 2.24) is 4.48 Å². The van der Waals surface area contributed by atoms with E-state index in [1.165, 1.54) is 11.1 Å². The maximum atomic E-state index is 11.0. The van der Waals surface area contributed by atoms with E-state index >= 15 is 0 Å². The lowest BCUT2D eigenvalue weighted by Crippen LogP contribution is -2.35. The topological polar surface area (TPSA) is 17.1 Å². The first-order valence-electron chi connectivity index (χ1n) is 4.29. The first kappa shape index (κ1) is 8.20. The average molecular weight is 174 g/mol. The molecule has 1 heterocycles. The Balaban J connectivity index is 2.69. The van der Waals surface area contributed by atoms with Gasteiger partial charge in [-0.2, -0.15) is 0 Å². The van der Waals surface area contributed by atoms with E-state index < -0.39 is 0 Å². The monoisotopic (exact) mass is 174 g/mol. The number of carbonyl (C=O) groups is 1. The van der Waals surface area contributed by atoms with Crippen LogP contribution in [0.25, 0.3) is 5.57 Å². The van der Waals surface area contributed by atoms with Gasteiger partial charge in [0.15, 0.2) is 5.69 Å². The van der Waals surface area contributed by atoms with Crippen LogP contribution >= 0.6 is 0 Å². The second-order valence-electron chi connectivity index (χ2n) is 3.58. The van der Waals surface area contributed by atoms with Crippen molar-refractivity contribution in [3.63, 3.8) is 0 Å². The molecule has 2 nitrogen and oxygen atoms in total. The number of quaternary nitrogens is 1. The number of nitrogens with zero attached hydrogens (tertiary/aromatic N) is 1. The van der Waals surface area contributed by atoms with Gasteiger partial charge in [-0.3, -0.25) is 0 Å². The Morgan fingerprint density at radius 2 is 2.00 bits per heavy atom. The molecular formula is C11H12NO+. The number of hydrogen-bond donors (Lipinski definition) is 0. The molecule has 0 spiro atoms. The fourth-order valence-electron chi connectivity index (χ4n) is 1.86. The summed E-state index contributed by atoms with van der Waals surface area (Å²) in [5.41, 5.74) is 3.41. The minimum Gasteiger partial charge on any atom is -0.233 e. The van der Waals surface area contributed by atoms with E-state index in [1.807, 2.05) is 44.4 Å². The highest BCUT2D eigenvalue weighted by Gasteiger charge is 2.32. The van der Waals surface area contributed by atoms with E-state index in [-0.39, 0.29) is 4.48 Å². The van der Waals surface area contributed by atoms with Crippen molar-refractivity contribution < 1.29 is 4.79 Å². The smallest absolute Gasteiger partial charge is 0.233 e. The first-order valence-corrected chi connectivity index (χ1v) is 4.29. The van der Waals surface area contributed by atoms with Crippen LogP contribution in [-0.4, -0.2) is 13.5 Å². The number of hydrogen-bond acceptors (Lipinski definition) is 1. The third kappa shape index (κ3) is 1.03. The molecule has 0 aromatic heterocycles. The molecule has 0 radical (unpaired) electrons. The molecular weight excluding hydrogens is 162 g/mol. The highest BCUT2D eigenvalue weighted by atomic mass is 16.1. The van der Waals surface area contributed by atoms with Crippen molar-refractivity contribution >= 4 is 17.7 Å². The molecule has 1 aromatic rings. The van der Waals surface area contributed by atoms with E-state index in [2.05, 4.69) is 0 Å². The minimum absolute atomic E-state index is 0.266. The standard InChI is InChI=1S/C11H12NO/c1-9-7-12(2,8-13)11-6-4-3-5-10(9)11/h3-8H,1-2H3/q+1. The SMILES string of the molecule is CC1=C[N+](C)(C=O)c2ccccc21. The number of benzene rings is 1. The Kier molecular flexibility index (Phi) is 1.60. The molecule has 66 valence electrons. The second-order valence-corrected chi connectivity index (χ2v) is 3.58. The minimum atomic E-state index is 0.266. The molecule has 1 aromatic carbocycles. The summed E-state index contributed by atoms with van der Waals surface area (Å²) in [6.07, 6.45) is 2.92. The van der Waals surface area contributed by atoms with Gasteiger partial charge in [0.05, 0.1) is 7.05 Å². The zero-order valence-corrected chi connectivity index (χ0v) is 7.82.